The van der Waals surface area contributed by atoms with E-state index < -0.39 is 17.3 Å². The Bertz CT molecular complexity index is 717. The first-order valence-corrected chi connectivity index (χ1v) is 7.80. The summed E-state index contributed by atoms with van der Waals surface area (Å²) in [6.07, 6.45) is 3.03. The lowest BCUT2D eigenvalue weighted by Gasteiger charge is -2.19. The highest BCUT2D eigenvalue weighted by Gasteiger charge is 2.60. The summed E-state index contributed by atoms with van der Waals surface area (Å²) < 4.78 is 5.96. The van der Waals surface area contributed by atoms with Crippen molar-refractivity contribution in [2.45, 2.75) is 32.1 Å². The van der Waals surface area contributed by atoms with Crippen LogP contribution in [0.25, 0.3) is 0 Å². The summed E-state index contributed by atoms with van der Waals surface area (Å²) in [7, 11) is 0. The van der Waals surface area contributed by atoms with Gasteiger partial charge in [0.05, 0.1) is 24.4 Å². The second-order valence-corrected chi connectivity index (χ2v) is 5.99. The van der Waals surface area contributed by atoms with E-state index in [-0.39, 0.29) is 0 Å². The quantitative estimate of drug-likeness (QED) is 0.888. The standard InChI is InChI=1S/C18H20N2O3/c1-3-15-16(10-19-12(2)20-15)23-11-18(9-14(18)17(21)22)13-7-5-4-6-8-13/h4-8,10,14H,3,9,11H2,1-2H3,(H,21,22)/t14?,18-/m1/s1. The van der Waals surface area contributed by atoms with Gasteiger partial charge in [0.15, 0.2) is 5.75 Å². The second kappa shape index (κ2) is 5.99. The fourth-order valence-corrected chi connectivity index (χ4v) is 3.05. The summed E-state index contributed by atoms with van der Waals surface area (Å²) >= 11 is 0. The Balaban J connectivity index is 1.83. The molecule has 0 radical (unpaired) electrons. The number of nitrogens with zero attached hydrogens (tertiary/aromatic N) is 2. The van der Waals surface area contributed by atoms with Crippen LogP contribution in [0, 0.1) is 12.8 Å². The van der Waals surface area contributed by atoms with E-state index in [1.165, 1.54) is 0 Å². The van der Waals surface area contributed by atoms with Gasteiger partial charge in [0.1, 0.15) is 5.82 Å². The third-order valence-corrected chi connectivity index (χ3v) is 4.49. The summed E-state index contributed by atoms with van der Waals surface area (Å²) in [5.74, 6) is 0.181. The summed E-state index contributed by atoms with van der Waals surface area (Å²) in [4.78, 5) is 20.0. The molecule has 1 aliphatic carbocycles. The highest BCUT2D eigenvalue weighted by atomic mass is 16.5. The summed E-state index contributed by atoms with van der Waals surface area (Å²) in [5.41, 5.74) is 1.41. The minimum Gasteiger partial charge on any atom is -0.489 e. The molecule has 120 valence electrons. The molecule has 1 aromatic carbocycles. The van der Waals surface area contributed by atoms with Crippen LogP contribution in [-0.4, -0.2) is 27.7 Å². The first-order valence-electron chi connectivity index (χ1n) is 7.80. The fourth-order valence-electron chi connectivity index (χ4n) is 3.05. The molecule has 1 heterocycles. The first-order chi connectivity index (χ1) is 11.1. The molecule has 0 bridgehead atoms. The summed E-state index contributed by atoms with van der Waals surface area (Å²) in [6, 6.07) is 9.73. The van der Waals surface area contributed by atoms with Crippen LogP contribution in [0.5, 0.6) is 5.75 Å². The lowest BCUT2D eigenvalue weighted by Crippen LogP contribution is -2.24. The molecule has 2 aromatic rings. The van der Waals surface area contributed by atoms with Crippen LogP contribution in [0.1, 0.15) is 30.4 Å². The molecule has 0 spiro atoms. The van der Waals surface area contributed by atoms with Gasteiger partial charge < -0.3 is 9.84 Å². The molecule has 1 aliphatic rings. The molecule has 1 aromatic heterocycles. The number of aromatic nitrogens is 2. The van der Waals surface area contributed by atoms with Crippen LogP contribution in [0.15, 0.2) is 36.5 Å². The largest absolute Gasteiger partial charge is 0.489 e. The van der Waals surface area contributed by atoms with Crippen molar-refractivity contribution in [3.05, 3.63) is 53.6 Å². The van der Waals surface area contributed by atoms with Gasteiger partial charge in [-0.15, -0.1) is 0 Å². The zero-order valence-electron chi connectivity index (χ0n) is 13.3. The van der Waals surface area contributed by atoms with Crippen molar-refractivity contribution in [1.29, 1.82) is 0 Å². The molecule has 0 amide bonds. The zero-order chi connectivity index (χ0) is 16.4. The van der Waals surface area contributed by atoms with Crippen LogP contribution < -0.4 is 4.74 Å². The Morgan fingerprint density at radius 3 is 2.74 bits per heavy atom. The molecular weight excluding hydrogens is 292 g/mol. The molecule has 5 nitrogen and oxygen atoms in total. The summed E-state index contributed by atoms with van der Waals surface area (Å²) in [6.45, 7) is 4.18. The Labute approximate surface area is 135 Å². The van der Waals surface area contributed by atoms with Gasteiger partial charge in [0, 0.05) is 5.41 Å². The predicted octanol–water partition coefficient (Wildman–Crippen LogP) is 2.77. The Hall–Kier alpha value is -2.43. The Morgan fingerprint density at radius 1 is 1.39 bits per heavy atom. The maximum atomic E-state index is 11.4. The number of rotatable bonds is 6. The molecular formula is C18H20N2O3. The molecule has 1 N–H and O–H groups in total. The van der Waals surface area contributed by atoms with Crippen LogP contribution in [0.3, 0.4) is 0 Å². The number of carboxylic acids is 1. The van der Waals surface area contributed by atoms with Crippen molar-refractivity contribution in [3.63, 3.8) is 0 Å². The number of aliphatic carboxylic acids is 1. The number of ether oxygens (including phenoxy) is 1. The van der Waals surface area contributed by atoms with Gasteiger partial charge in [0.25, 0.3) is 0 Å². The third-order valence-electron chi connectivity index (χ3n) is 4.49. The maximum absolute atomic E-state index is 11.4. The Morgan fingerprint density at radius 2 is 2.13 bits per heavy atom. The normalized spacial score (nSPS) is 22.6. The molecule has 0 saturated heterocycles. The van der Waals surface area contributed by atoms with Gasteiger partial charge in [-0.05, 0) is 25.3 Å². The van der Waals surface area contributed by atoms with E-state index in [1.807, 2.05) is 44.2 Å². The van der Waals surface area contributed by atoms with E-state index in [0.717, 1.165) is 17.7 Å². The number of hydrogen-bond acceptors (Lipinski definition) is 4. The average molecular weight is 312 g/mol. The van der Waals surface area contributed by atoms with E-state index in [4.69, 9.17) is 4.74 Å². The van der Waals surface area contributed by atoms with Crippen molar-refractivity contribution in [2.75, 3.05) is 6.61 Å². The number of benzene rings is 1. The topological polar surface area (TPSA) is 72.3 Å². The van der Waals surface area contributed by atoms with Crippen LogP contribution in [0.2, 0.25) is 0 Å². The predicted molar refractivity (Wildman–Crippen MR) is 85.5 cm³/mol. The molecule has 5 heteroatoms. The van der Waals surface area contributed by atoms with Crippen LogP contribution >= 0.6 is 0 Å². The molecule has 2 atom stereocenters. The molecule has 0 aliphatic heterocycles. The van der Waals surface area contributed by atoms with E-state index in [2.05, 4.69) is 9.97 Å². The van der Waals surface area contributed by atoms with Gasteiger partial charge in [-0.25, -0.2) is 9.97 Å². The molecule has 1 saturated carbocycles. The van der Waals surface area contributed by atoms with E-state index >= 15 is 0 Å². The molecule has 1 fully saturated rings. The van der Waals surface area contributed by atoms with Gasteiger partial charge in [0.2, 0.25) is 0 Å². The number of aryl methyl sites for hydroxylation is 2. The first kappa shape index (κ1) is 15.5. The number of hydrogen-bond donors (Lipinski definition) is 1. The molecule has 23 heavy (non-hydrogen) atoms. The smallest absolute Gasteiger partial charge is 0.307 e. The number of carboxylic acid groups (broad SMARTS) is 1. The fraction of sp³-hybridized carbons (Fsp3) is 0.389. The second-order valence-electron chi connectivity index (χ2n) is 5.99. The van der Waals surface area contributed by atoms with Crippen molar-refractivity contribution >= 4 is 5.97 Å². The van der Waals surface area contributed by atoms with Gasteiger partial charge in [-0.2, -0.15) is 0 Å². The van der Waals surface area contributed by atoms with Crippen molar-refractivity contribution < 1.29 is 14.6 Å². The number of carbonyl (C=O) groups is 1. The Kier molecular flexibility index (Phi) is 4.03. The minimum absolute atomic E-state index is 0.327. The average Bonchev–Trinajstić information content (AvgIpc) is 3.31. The highest BCUT2D eigenvalue weighted by molar-refractivity contribution is 5.77. The molecule has 3 rings (SSSR count). The summed E-state index contributed by atoms with van der Waals surface area (Å²) in [5, 5.41) is 9.40. The van der Waals surface area contributed by atoms with E-state index in [0.29, 0.717) is 24.6 Å². The molecule has 1 unspecified atom stereocenters. The van der Waals surface area contributed by atoms with Crippen molar-refractivity contribution in [3.8, 4) is 5.75 Å². The van der Waals surface area contributed by atoms with Gasteiger partial charge >= 0.3 is 5.97 Å². The van der Waals surface area contributed by atoms with Gasteiger partial charge in [-0.1, -0.05) is 37.3 Å². The van der Waals surface area contributed by atoms with Crippen LogP contribution in [-0.2, 0) is 16.6 Å². The SMILES string of the molecule is CCc1nc(C)ncc1OC[C@@]1(c2ccccc2)CC1C(=O)O. The van der Waals surface area contributed by atoms with Crippen molar-refractivity contribution in [2.24, 2.45) is 5.92 Å². The highest BCUT2D eigenvalue weighted by Crippen LogP contribution is 2.54. The maximum Gasteiger partial charge on any atom is 0.307 e. The minimum atomic E-state index is -0.770. The third kappa shape index (κ3) is 2.91. The van der Waals surface area contributed by atoms with Crippen molar-refractivity contribution in [1.82, 2.24) is 9.97 Å². The zero-order valence-corrected chi connectivity index (χ0v) is 13.3. The van der Waals surface area contributed by atoms with Gasteiger partial charge in [-0.3, -0.25) is 4.79 Å². The van der Waals surface area contributed by atoms with E-state index in [9.17, 15) is 9.90 Å². The lowest BCUT2D eigenvalue weighted by molar-refractivity contribution is -0.139. The van der Waals surface area contributed by atoms with E-state index in [1.54, 1.807) is 6.20 Å². The monoisotopic (exact) mass is 312 g/mol. The van der Waals surface area contributed by atoms with Crippen LogP contribution in [0.4, 0.5) is 0 Å². The lowest BCUT2D eigenvalue weighted by atomic mass is 9.94.